The first-order valence-corrected chi connectivity index (χ1v) is 7.06. The molecule has 1 aliphatic heterocycles. The van der Waals surface area contributed by atoms with Crippen molar-refractivity contribution in [3.8, 4) is 0 Å². The van der Waals surface area contributed by atoms with Gasteiger partial charge in [0.15, 0.2) is 0 Å². The number of aliphatic carboxylic acids is 1. The lowest BCUT2D eigenvalue weighted by atomic mass is 9.91. The summed E-state index contributed by atoms with van der Waals surface area (Å²) in [7, 11) is 0. The first kappa shape index (κ1) is 14.5. The average molecular weight is 241 g/mol. The van der Waals surface area contributed by atoms with Gasteiger partial charge in [-0.25, -0.2) is 0 Å². The summed E-state index contributed by atoms with van der Waals surface area (Å²) in [4.78, 5) is 13.1. The van der Waals surface area contributed by atoms with Crippen molar-refractivity contribution in [1.29, 1.82) is 0 Å². The van der Waals surface area contributed by atoms with Gasteiger partial charge in [-0.1, -0.05) is 20.3 Å². The SMILES string of the molecule is CCCC(C)CN1CCC(CCC(=O)O)CC1. The van der Waals surface area contributed by atoms with Crippen LogP contribution in [0.15, 0.2) is 0 Å². The second kappa shape index (κ2) is 7.70. The molecule has 0 aromatic heterocycles. The molecule has 3 nitrogen and oxygen atoms in total. The number of likely N-dealkylation sites (tertiary alicyclic amines) is 1. The highest BCUT2D eigenvalue weighted by Gasteiger charge is 2.20. The van der Waals surface area contributed by atoms with Gasteiger partial charge in [-0.2, -0.15) is 0 Å². The molecule has 0 aromatic carbocycles. The Balaban J connectivity index is 2.14. The first-order chi connectivity index (χ1) is 8.11. The van der Waals surface area contributed by atoms with Crippen molar-refractivity contribution in [3.05, 3.63) is 0 Å². The minimum atomic E-state index is -0.649. The molecule has 1 rings (SSSR count). The van der Waals surface area contributed by atoms with Gasteiger partial charge in [-0.05, 0) is 50.6 Å². The van der Waals surface area contributed by atoms with Crippen molar-refractivity contribution in [2.75, 3.05) is 19.6 Å². The van der Waals surface area contributed by atoms with E-state index in [0.717, 1.165) is 12.3 Å². The molecule has 0 amide bonds. The van der Waals surface area contributed by atoms with Gasteiger partial charge >= 0.3 is 5.97 Å². The van der Waals surface area contributed by atoms with Crippen molar-refractivity contribution < 1.29 is 9.90 Å². The van der Waals surface area contributed by atoms with Crippen LogP contribution in [0.2, 0.25) is 0 Å². The summed E-state index contributed by atoms with van der Waals surface area (Å²) >= 11 is 0. The molecule has 0 spiro atoms. The summed E-state index contributed by atoms with van der Waals surface area (Å²) in [6.45, 7) is 8.13. The van der Waals surface area contributed by atoms with Crippen LogP contribution in [-0.4, -0.2) is 35.6 Å². The Bertz CT molecular complexity index is 222. The zero-order chi connectivity index (χ0) is 12.7. The van der Waals surface area contributed by atoms with Crippen molar-refractivity contribution >= 4 is 5.97 Å². The van der Waals surface area contributed by atoms with Gasteiger partial charge in [0.1, 0.15) is 0 Å². The third-order valence-corrected chi connectivity index (χ3v) is 3.82. The Morgan fingerprint density at radius 1 is 1.41 bits per heavy atom. The van der Waals surface area contributed by atoms with E-state index < -0.39 is 5.97 Å². The lowest BCUT2D eigenvalue weighted by Crippen LogP contribution is -2.36. The fourth-order valence-electron chi connectivity index (χ4n) is 2.81. The van der Waals surface area contributed by atoms with E-state index in [4.69, 9.17) is 5.11 Å². The van der Waals surface area contributed by atoms with Crippen LogP contribution in [0.5, 0.6) is 0 Å². The smallest absolute Gasteiger partial charge is 0.303 e. The molecule has 100 valence electrons. The number of rotatable bonds is 7. The number of hydrogen-bond acceptors (Lipinski definition) is 2. The number of carbonyl (C=O) groups is 1. The average Bonchev–Trinajstić information content (AvgIpc) is 2.28. The zero-order valence-corrected chi connectivity index (χ0v) is 11.3. The van der Waals surface area contributed by atoms with Crippen LogP contribution in [0.3, 0.4) is 0 Å². The number of carboxylic acid groups (broad SMARTS) is 1. The number of hydrogen-bond donors (Lipinski definition) is 1. The summed E-state index contributed by atoms with van der Waals surface area (Å²) in [5.74, 6) is 0.795. The molecule has 1 saturated heterocycles. The molecule has 1 heterocycles. The fraction of sp³-hybridized carbons (Fsp3) is 0.929. The van der Waals surface area contributed by atoms with E-state index in [1.54, 1.807) is 0 Å². The molecule has 1 N–H and O–H groups in total. The van der Waals surface area contributed by atoms with Gasteiger partial charge in [-0.3, -0.25) is 4.79 Å². The van der Waals surface area contributed by atoms with Crippen LogP contribution in [-0.2, 0) is 4.79 Å². The van der Waals surface area contributed by atoms with Crippen molar-refractivity contribution in [2.24, 2.45) is 11.8 Å². The molecule has 0 bridgehead atoms. The normalized spacial score (nSPS) is 20.4. The van der Waals surface area contributed by atoms with Gasteiger partial charge < -0.3 is 10.0 Å². The predicted octanol–water partition coefficient (Wildman–Crippen LogP) is 3.00. The maximum atomic E-state index is 10.5. The highest BCUT2D eigenvalue weighted by Crippen LogP contribution is 2.22. The Morgan fingerprint density at radius 2 is 2.06 bits per heavy atom. The second-order valence-corrected chi connectivity index (χ2v) is 5.57. The van der Waals surface area contributed by atoms with E-state index in [1.165, 1.54) is 45.3 Å². The van der Waals surface area contributed by atoms with Gasteiger partial charge in [-0.15, -0.1) is 0 Å². The summed E-state index contributed by atoms with van der Waals surface area (Å²) in [5, 5.41) is 8.66. The van der Waals surface area contributed by atoms with E-state index in [9.17, 15) is 4.79 Å². The third kappa shape index (κ3) is 6.06. The molecule has 0 aromatic rings. The predicted molar refractivity (Wildman–Crippen MR) is 70.1 cm³/mol. The minimum Gasteiger partial charge on any atom is -0.481 e. The van der Waals surface area contributed by atoms with Crippen LogP contribution in [0, 0.1) is 11.8 Å². The van der Waals surface area contributed by atoms with Crippen LogP contribution in [0.25, 0.3) is 0 Å². The minimum absolute atomic E-state index is 0.344. The Hall–Kier alpha value is -0.570. The van der Waals surface area contributed by atoms with Crippen LogP contribution < -0.4 is 0 Å². The van der Waals surface area contributed by atoms with E-state index in [1.807, 2.05) is 0 Å². The standard InChI is InChI=1S/C14H27NO2/c1-3-4-12(2)11-15-9-7-13(8-10-15)5-6-14(16)17/h12-13H,3-11H2,1-2H3,(H,16,17). The van der Waals surface area contributed by atoms with Crippen molar-refractivity contribution in [2.45, 2.75) is 52.4 Å². The first-order valence-electron chi connectivity index (χ1n) is 7.06. The van der Waals surface area contributed by atoms with Gasteiger partial charge in [0.05, 0.1) is 0 Å². The van der Waals surface area contributed by atoms with E-state index >= 15 is 0 Å². The molecular formula is C14H27NO2. The lowest BCUT2D eigenvalue weighted by molar-refractivity contribution is -0.137. The third-order valence-electron chi connectivity index (χ3n) is 3.82. The summed E-state index contributed by atoms with van der Waals surface area (Å²) in [5.41, 5.74) is 0. The van der Waals surface area contributed by atoms with Crippen LogP contribution >= 0.6 is 0 Å². The molecule has 3 heteroatoms. The Labute approximate surface area is 105 Å². The summed E-state index contributed by atoms with van der Waals surface area (Å²) in [6.07, 6.45) is 6.18. The molecule has 1 unspecified atom stereocenters. The molecule has 1 aliphatic rings. The van der Waals surface area contributed by atoms with Crippen LogP contribution in [0.1, 0.15) is 52.4 Å². The summed E-state index contributed by atoms with van der Waals surface area (Å²) in [6, 6.07) is 0. The Kier molecular flexibility index (Phi) is 6.56. The fourth-order valence-corrected chi connectivity index (χ4v) is 2.81. The number of nitrogens with zero attached hydrogens (tertiary/aromatic N) is 1. The Morgan fingerprint density at radius 3 is 2.59 bits per heavy atom. The van der Waals surface area contributed by atoms with Crippen LogP contribution in [0.4, 0.5) is 0 Å². The lowest BCUT2D eigenvalue weighted by Gasteiger charge is -2.33. The van der Waals surface area contributed by atoms with E-state index in [2.05, 4.69) is 18.7 Å². The second-order valence-electron chi connectivity index (χ2n) is 5.57. The molecule has 0 aliphatic carbocycles. The van der Waals surface area contributed by atoms with Gasteiger partial charge in [0.2, 0.25) is 0 Å². The monoisotopic (exact) mass is 241 g/mol. The number of carboxylic acids is 1. The molecule has 1 fully saturated rings. The van der Waals surface area contributed by atoms with Gasteiger partial charge in [0.25, 0.3) is 0 Å². The van der Waals surface area contributed by atoms with E-state index in [0.29, 0.717) is 12.3 Å². The topological polar surface area (TPSA) is 40.5 Å². The molecule has 17 heavy (non-hydrogen) atoms. The molecule has 1 atom stereocenters. The highest BCUT2D eigenvalue weighted by molar-refractivity contribution is 5.66. The van der Waals surface area contributed by atoms with Gasteiger partial charge in [0, 0.05) is 13.0 Å². The summed E-state index contributed by atoms with van der Waals surface area (Å²) < 4.78 is 0. The zero-order valence-electron chi connectivity index (χ0n) is 11.3. The highest BCUT2D eigenvalue weighted by atomic mass is 16.4. The van der Waals surface area contributed by atoms with Crippen molar-refractivity contribution in [3.63, 3.8) is 0 Å². The molecule has 0 saturated carbocycles. The molecule has 0 radical (unpaired) electrons. The van der Waals surface area contributed by atoms with E-state index in [-0.39, 0.29) is 0 Å². The number of piperidine rings is 1. The maximum Gasteiger partial charge on any atom is 0.303 e. The largest absolute Gasteiger partial charge is 0.481 e. The maximum absolute atomic E-state index is 10.5. The van der Waals surface area contributed by atoms with Crippen molar-refractivity contribution in [1.82, 2.24) is 4.90 Å². The quantitative estimate of drug-likeness (QED) is 0.745. The molecular weight excluding hydrogens is 214 g/mol.